The summed E-state index contributed by atoms with van der Waals surface area (Å²) in [4.78, 5) is 55.2. The zero-order chi connectivity index (χ0) is 26.0. The highest BCUT2D eigenvalue weighted by molar-refractivity contribution is 6.25. The van der Waals surface area contributed by atoms with Gasteiger partial charge in [0, 0.05) is 28.2 Å². The molecule has 1 aliphatic heterocycles. The molecule has 6 rings (SSSR count). The fourth-order valence-electron chi connectivity index (χ4n) is 6.44. The molecule has 0 bridgehead atoms. The van der Waals surface area contributed by atoms with Gasteiger partial charge >= 0.3 is 0 Å². The summed E-state index contributed by atoms with van der Waals surface area (Å²) in [7, 11) is 1.51. The number of aromatic hydroxyl groups is 1. The molecule has 0 unspecified atom stereocenters. The quantitative estimate of drug-likeness (QED) is 0.392. The third-order valence-electron chi connectivity index (χ3n) is 8.12. The van der Waals surface area contributed by atoms with Gasteiger partial charge in [0.25, 0.3) is 0 Å². The van der Waals surface area contributed by atoms with E-state index in [0.29, 0.717) is 40.1 Å². The summed E-state index contributed by atoms with van der Waals surface area (Å²) >= 11 is 0. The number of fused-ring (bicyclic) bond motifs is 3. The molecule has 2 aromatic carbocycles. The largest absolute Gasteiger partial charge is 0.508 e. The number of methoxy groups -OCH3 is 1. The van der Waals surface area contributed by atoms with Crippen molar-refractivity contribution >= 4 is 29.1 Å². The topological polar surface area (TPSA) is 101 Å². The van der Waals surface area contributed by atoms with Crippen molar-refractivity contribution in [3.05, 3.63) is 88.5 Å². The lowest BCUT2D eigenvalue weighted by atomic mass is 9.59. The lowest BCUT2D eigenvalue weighted by Crippen LogP contribution is -2.39. The van der Waals surface area contributed by atoms with Crippen LogP contribution >= 0.6 is 0 Å². The van der Waals surface area contributed by atoms with Crippen molar-refractivity contribution in [2.24, 2.45) is 17.8 Å². The Balaban J connectivity index is 1.52. The van der Waals surface area contributed by atoms with Gasteiger partial charge in [0.2, 0.25) is 11.8 Å². The predicted molar refractivity (Wildman–Crippen MR) is 135 cm³/mol. The van der Waals surface area contributed by atoms with E-state index >= 15 is 0 Å². The Morgan fingerprint density at radius 3 is 2.46 bits per heavy atom. The van der Waals surface area contributed by atoms with E-state index in [2.05, 4.69) is 0 Å². The second-order valence-electron chi connectivity index (χ2n) is 10.0. The molecule has 1 saturated heterocycles. The van der Waals surface area contributed by atoms with E-state index in [0.717, 1.165) is 5.57 Å². The molecule has 4 aliphatic rings. The first-order chi connectivity index (χ1) is 17.8. The maximum atomic E-state index is 13.8. The summed E-state index contributed by atoms with van der Waals surface area (Å²) in [6, 6.07) is 13.6. The van der Waals surface area contributed by atoms with Gasteiger partial charge in [-0.3, -0.25) is 24.1 Å². The Kier molecular flexibility index (Phi) is 5.26. The van der Waals surface area contributed by atoms with Gasteiger partial charge in [-0.2, -0.15) is 0 Å². The van der Waals surface area contributed by atoms with E-state index in [4.69, 9.17) is 4.74 Å². The van der Waals surface area contributed by atoms with E-state index in [9.17, 15) is 24.3 Å². The van der Waals surface area contributed by atoms with Gasteiger partial charge in [-0.25, -0.2) is 0 Å². The number of benzene rings is 2. The van der Waals surface area contributed by atoms with Gasteiger partial charge in [-0.15, -0.1) is 0 Å². The normalized spacial score (nSPS) is 26.9. The van der Waals surface area contributed by atoms with E-state index in [-0.39, 0.29) is 35.6 Å². The monoisotopic (exact) mass is 495 g/mol. The van der Waals surface area contributed by atoms with E-state index < -0.39 is 23.7 Å². The van der Waals surface area contributed by atoms with Crippen LogP contribution in [0.5, 0.6) is 11.5 Å². The molecule has 1 N–H and O–H groups in total. The second kappa shape index (κ2) is 8.40. The minimum Gasteiger partial charge on any atom is -0.508 e. The zero-order valence-corrected chi connectivity index (χ0v) is 20.4. The average Bonchev–Trinajstić information content (AvgIpc) is 3.16. The van der Waals surface area contributed by atoms with Gasteiger partial charge in [-0.05, 0) is 62.1 Å². The van der Waals surface area contributed by atoms with Crippen molar-refractivity contribution in [3.63, 3.8) is 0 Å². The number of amides is 2. The highest BCUT2D eigenvalue weighted by Crippen LogP contribution is 2.56. The number of carbonyl (C=O) groups is 4. The summed E-state index contributed by atoms with van der Waals surface area (Å²) in [6.07, 6.45) is 3.81. The molecule has 186 valence electrons. The van der Waals surface area contributed by atoms with E-state index in [1.807, 2.05) is 12.1 Å². The number of phenolic OH excluding ortho intramolecular Hbond substituents is 1. The lowest BCUT2D eigenvalue weighted by molar-refractivity contribution is -0.123. The van der Waals surface area contributed by atoms with E-state index in [1.54, 1.807) is 43.3 Å². The highest BCUT2D eigenvalue weighted by Gasteiger charge is 2.56. The molecule has 4 atom stereocenters. The molecule has 1 heterocycles. The Morgan fingerprint density at radius 2 is 1.73 bits per heavy atom. The minimum atomic E-state index is -0.724. The van der Waals surface area contributed by atoms with Gasteiger partial charge in [0.15, 0.2) is 11.6 Å². The molecule has 0 radical (unpaired) electrons. The van der Waals surface area contributed by atoms with Crippen molar-refractivity contribution in [2.75, 3.05) is 12.0 Å². The number of carbonyl (C=O) groups excluding carboxylic acids is 4. The molecule has 3 aliphatic carbocycles. The summed E-state index contributed by atoms with van der Waals surface area (Å²) in [5.74, 6) is -2.98. The molecule has 7 nitrogen and oxygen atoms in total. The van der Waals surface area contributed by atoms with Gasteiger partial charge in [-0.1, -0.05) is 29.8 Å². The first-order valence-corrected chi connectivity index (χ1v) is 12.3. The number of nitrogens with zero attached hydrogens (tertiary/aromatic N) is 1. The SMILES string of the molecule is COc1ccc(O)c([C@H]2C3=CC[C@@H]4C(=O)N(c5ccccc5)C(=O)[C@@H]4[C@@H]3CC3=C2C(=O)C(C)=CC3=O)c1. The maximum absolute atomic E-state index is 13.8. The fraction of sp³-hybridized carbons (Fsp3) is 0.267. The molecule has 1 fully saturated rings. The first-order valence-electron chi connectivity index (χ1n) is 12.3. The molecule has 7 heteroatoms. The minimum absolute atomic E-state index is 0.0338. The van der Waals surface area contributed by atoms with Crippen LogP contribution in [0.15, 0.2) is 83.0 Å². The number of anilines is 1. The van der Waals surface area contributed by atoms with Crippen molar-refractivity contribution < 1.29 is 29.0 Å². The zero-order valence-electron chi connectivity index (χ0n) is 20.4. The number of ether oxygens (including phenoxy) is 1. The number of para-hydroxylation sites is 1. The number of Topliss-reactive ketones (excluding diaryl/α,β-unsaturated/α-hetero) is 1. The summed E-state index contributed by atoms with van der Waals surface area (Å²) in [6.45, 7) is 1.61. The Morgan fingerprint density at radius 1 is 0.973 bits per heavy atom. The van der Waals surface area contributed by atoms with Crippen LogP contribution < -0.4 is 9.64 Å². The third-order valence-corrected chi connectivity index (χ3v) is 8.12. The van der Waals surface area contributed by atoms with E-state index in [1.165, 1.54) is 24.2 Å². The molecule has 2 amide bonds. The van der Waals surface area contributed by atoms with Gasteiger partial charge in [0.05, 0.1) is 24.6 Å². The number of allylic oxidation sites excluding steroid dienone is 6. The van der Waals surface area contributed by atoms with Crippen molar-refractivity contribution in [3.8, 4) is 11.5 Å². The Hall–Kier alpha value is -4.26. The molecule has 37 heavy (non-hydrogen) atoms. The summed E-state index contributed by atoms with van der Waals surface area (Å²) in [5.41, 5.74) is 2.78. The fourth-order valence-corrected chi connectivity index (χ4v) is 6.44. The standard InChI is InChI=1S/C30H25NO6/c1-15-12-24(33)22-14-20-18(25(27(22)28(15)34)21-13-17(37-2)8-11-23(21)32)9-10-19-26(20)30(36)31(29(19)35)16-6-4-3-5-7-16/h3-9,11-13,19-20,25-26,32H,10,14H2,1-2H3/t19-,20+,25+,26-/m0/s1. The molecule has 0 saturated carbocycles. The Bertz CT molecular complexity index is 1480. The smallest absolute Gasteiger partial charge is 0.238 e. The van der Waals surface area contributed by atoms with Crippen LogP contribution in [0.1, 0.15) is 31.2 Å². The number of hydrogen-bond donors (Lipinski definition) is 1. The van der Waals surface area contributed by atoms with Crippen LogP contribution in [0.25, 0.3) is 0 Å². The van der Waals surface area contributed by atoms with Crippen molar-refractivity contribution in [2.45, 2.75) is 25.7 Å². The van der Waals surface area contributed by atoms with Crippen LogP contribution in [-0.2, 0) is 19.2 Å². The van der Waals surface area contributed by atoms with Gasteiger partial charge in [0.1, 0.15) is 11.5 Å². The predicted octanol–water partition coefficient (Wildman–Crippen LogP) is 4.03. The molecule has 0 aromatic heterocycles. The van der Waals surface area contributed by atoms with Crippen LogP contribution in [0.2, 0.25) is 0 Å². The van der Waals surface area contributed by atoms with Crippen LogP contribution in [0, 0.1) is 17.8 Å². The molecule has 0 spiro atoms. The second-order valence-corrected chi connectivity index (χ2v) is 10.0. The van der Waals surface area contributed by atoms with Crippen molar-refractivity contribution in [1.82, 2.24) is 0 Å². The molecular weight excluding hydrogens is 470 g/mol. The first kappa shape index (κ1) is 23.2. The highest BCUT2D eigenvalue weighted by atomic mass is 16.5. The van der Waals surface area contributed by atoms with Crippen LogP contribution in [-0.4, -0.2) is 35.6 Å². The van der Waals surface area contributed by atoms with Crippen LogP contribution in [0.4, 0.5) is 5.69 Å². The lowest BCUT2D eigenvalue weighted by Gasteiger charge is -2.42. The number of imide groups is 1. The number of ketones is 2. The third kappa shape index (κ3) is 3.34. The van der Waals surface area contributed by atoms with Crippen LogP contribution in [0.3, 0.4) is 0 Å². The van der Waals surface area contributed by atoms with Crippen molar-refractivity contribution in [1.29, 1.82) is 0 Å². The maximum Gasteiger partial charge on any atom is 0.238 e. The number of rotatable bonds is 3. The van der Waals surface area contributed by atoms with Gasteiger partial charge < -0.3 is 9.84 Å². The average molecular weight is 496 g/mol. The summed E-state index contributed by atoms with van der Waals surface area (Å²) in [5, 5.41) is 10.9. The number of hydrogen-bond acceptors (Lipinski definition) is 6. The number of phenols is 1. The Labute approximate surface area is 213 Å². The summed E-state index contributed by atoms with van der Waals surface area (Å²) < 4.78 is 5.39. The molecule has 2 aromatic rings. The molecular formula is C30H25NO6.